The van der Waals surface area contributed by atoms with Crippen LogP contribution in [0.1, 0.15) is 52.6 Å². The van der Waals surface area contributed by atoms with Gasteiger partial charge in [0.25, 0.3) is 0 Å². The molecule has 4 nitrogen and oxygen atoms in total. The van der Waals surface area contributed by atoms with Crippen molar-refractivity contribution in [2.75, 3.05) is 13.1 Å². The van der Waals surface area contributed by atoms with Crippen LogP contribution in [0.4, 0.5) is 4.79 Å². The van der Waals surface area contributed by atoms with Gasteiger partial charge in [0, 0.05) is 6.54 Å². The molecule has 1 amide bonds. The fourth-order valence-electron chi connectivity index (χ4n) is 2.02. The average molecular weight is 306 g/mol. The molecule has 1 aromatic rings. The number of hydrogen-bond acceptors (Lipinski definition) is 3. The summed E-state index contributed by atoms with van der Waals surface area (Å²) in [6.07, 6.45) is 0.737. The van der Waals surface area contributed by atoms with E-state index >= 15 is 0 Å². The van der Waals surface area contributed by atoms with Crippen molar-refractivity contribution in [3.05, 3.63) is 35.9 Å². The smallest absolute Gasteiger partial charge is 0.408 e. The Bertz CT molecular complexity index is 438. The van der Waals surface area contributed by atoms with Crippen LogP contribution in [0.5, 0.6) is 0 Å². The molecule has 0 heterocycles. The molecule has 0 aliphatic rings. The Morgan fingerprint density at radius 2 is 1.82 bits per heavy atom. The first-order valence-corrected chi connectivity index (χ1v) is 8.03. The quantitative estimate of drug-likeness (QED) is 0.751. The molecule has 1 rings (SSSR count). The van der Waals surface area contributed by atoms with Crippen LogP contribution >= 0.6 is 0 Å². The number of carbonyl (C=O) groups excluding carboxylic acids is 1. The van der Waals surface area contributed by atoms with Gasteiger partial charge in [0.05, 0.1) is 6.04 Å². The van der Waals surface area contributed by atoms with Crippen molar-refractivity contribution in [1.82, 2.24) is 10.6 Å². The third kappa shape index (κ3) is 8.03. The number of nitrogens with one attached hydrogen (secondary N) is 2. The zero-order valence-corrected chi connectivity index (χ0v) is 14.5. The summed E-state index contributed by atoms with van der Waals surface area (Å²) in [7, 11) is 0. The molecule has 22 heavy (non-hydrogen) atoms. The van der Waals surface area contributed by atoms with Gasteiger partial charge in [0.15, 0.2) is 0 Å². The van der Waals surface area contributed by atoms with E-state index < -0.39 is 5.60 Å². The van der Waals surface area contributed by atoms with E-state index in [2.05, 4.69) is 24.5 Å². The molecule has 0 fully saturated rings. The van der Waals surface area contributed by atoms with E-state index in [0.717, 1.165) is 18.5 Å². The third-order valence-electron chi connectivity index (χ3n) is 3.14. The van der Waals surface area contributed by atoms with Crippen LogP contribution in [0.2, 0.25) is 0 Å². The Morgan fingerprint density at radius 3 is 2.36 bits per heavy atom. The predicted octanol–water partition coefficient (Wildman–Crippen LogP) is 3.89. The number of hydrogen-bond donors (Lipinski definition) is 2. The van der Waals surface area contributed by atoms with Gasteiger partial charge < -0.3 is 15.4 Å². The SMILES string of the molecule is CC(C)CCNCC(NC(=O)OC(C)(C)C)c1ccccc1. The minimum absolute atomic E-state index is 0.0942. The van der Waals surface area contributed by atoms with Crippen molar-refractivity contribution in [3.63, 3.8) is 0 Å². The molecule has 0 aliphatic carbocycles. The molecule has 0 saturated heterocycles. The Balaban J connectivity index is 2.61. The molecule has 124 valence electrons. The van der Waals surface area contributed by atoms with Crippen molar-refractivity contribution in [2.45, 2.75) is 52.7 Å². The molecule has 0 aliphatic heterocycles. The lowest BCUT2D eigenvalue weighted by Gasteiger charge is -2.24. The Hall–Kier alpha value is -1.55. The molecule has 0 saturated carbocycles. The van der Waals surface area contributed by atoms with Gasteiger partial charge in [-0.2, -0.15) is 0 Å². The van der Waals surface area contributed by atoms with E-state index in [1.807, 2.05) is 51.1 Å². The third-order valence-corrected chi connectivity index (χ3v) is 3.14. The van der Waals surface area contributed by atoms with Gasteiger partial charge in [0.1, 0.15) is 5.60 Å². The first-order valence-electron chi connectivity index (χ1n) is 8.03. The minimum atomic E-state index is -0.490. The van der Waals surface area contributed by atoms with E-state index in [9.17, 15) is 4.79 Å². The van der Waals surface area contributed by atoms with E-state index in [4.69, 9.17) is 4.74 Å². The topological polar surface area (TPSA) is 50.4 Å². The second-order valence-electron chi connectivity index (χ2n) is 7.00. The molecule has 4 heteroatoms. The van der Waals surface area contributed by atoms with Gasteiger partial charge in [-0.15, -0.1) is 0 Å². The fraction of sp³-hybridized carbons (Fsp3) is 0.611. The van der Waals surface area contributed by atoms with Gasteiger partial charge in [-0.3, -0.25) is 0 Å². The summed E-state index contributed by atoms with van der Waals surface area (Å²) in [5.41, 5.74) is 0.585. The molecule has 1 atom stereocenters. The van der Waals surface area contributed by atoms with Crippen LogP contribution in [0, 0.1) is 5.92 Å². The molecule has 0 aromatic heterocycles. The number of ether oxygens (including phenoxy) is 1. The number of alkyl carbamates (subject to hydrolysis) is 1. The second-order valence-corrected chi connectivity index (χ2v) is 7.00. The number of amides is 1. The Morgan fingerprint density at radius 1 is 1.18 bits per heavy atom. The van der Waals surface area contributed by atoms with Gasteiger partial charge in [-0.1, -0.05) is 44.2 Å². The lowest BCUT2D eigenvalue weighted by Crippen LogP contribution is -2.39. The summed E-state index contributed by atoms with van der Waals surface area (Å²) in [6.45, 7) is 11.6. The predicted molar refractivity (Wildman–Crippen MR) is 90.9 cm³/mol. The number of benzene rings is 1. The lowest BCUT2D eigenvalue weighted by atomic mass is 10.1. The number of carbonyl (C=O) groups is 1. The summed E-state index contributed by atoms with van der Waals surface area (Å²) < 4.78 is 5.36. The van der Waals surface area contributed by atoms with Crippen molar-refractivity contribution < 1.29 is 9.53 Å². The second kappa shape index (κ2) is 8.79. The normalized spacial score (nSPS) is 13.0. The minimum Gasteiger partial charge on any atom is -0.444 e. The summed E-state index contributed by atoms with van der Waals surface area (Å²) in [5, 5.41) is 6.37. The van der Waals surface area contributed by atoms with Gasteiger partial charge in [0.2, 0.25) is 0 Å². The maximum Gasteiger partial charge on any atom is 0.408 e. The standard InChI is InChI=1S/C18H30N2O2/c1-14(2)11-12-19-13-16(15-9-7-6-8-10-15)20-17(21)22-18(3,4)5/h6-10,14,16,19H,11-13H2,1-5H3,(H,20,21). The van der Waals surface area contributed by atoms with Crippen LogP contribution in [0.15, 0.2) is 30.3 Å². The largest absolute Gasteiger partial charge is 0.444 e. The summed E-state index contributed by atoms with van der Waals surface area (Å²) in [4.78, 5) is 12.0. The summed E-state index contributed by atoms with van der Waals surface area (Å²) in [6, 6.07) is 9.88. The molecular formula is C18H30N2O2. The van der Waals surface area contributed by atoms with Crippen LogP contribution in [-0.2, 0) is 4.74 Å². The van der Waals surface area contributed by atoms with Crippen LogP contribution in [0.25, 0.3) is 0 Å². The maximum absolute atomic E-state index is 12.0. The molecule has 1 aromatic carbocycles. The van der Waals surface area contributed by atoms with Crippen molar-refractivity contribution in [2.24, 2.45) is 5.92 Å². The van der Waals surface area contributed by atoms with Crippen molar-refractivity contribution >= 4 is 6.09 Å². The first-order chi connectivity index (χ1) is 10.3. The van der Waals surface area contributed by atoms with Crippen LogP contribution < -0.4 is 10.6 Å². The molecule has 0 spiro atoms. The Kier molecular flexibility index (Phi) is 7.39. The molecular weight excluding hydrogens is 276 g/mol. The van der Waals surface area contributed by atoms with E-state index in [-0.39, 0.29) is 12.1 Å². The van der Waals surface area contributed by atoms with Gasteiger partial charge in [-0.25, -0.2) is 4.79 Å². The molecule has 0 bridgehead atoms. The monoisotopic (exact) mass is 306 g/mol. The zero-order valence-electron chi connectivity index (χ0n) is 14.5. The highest BCUT2D eigenvalue weighted by Gasteiger charge is 2.20. The maximum atomic E-state index is 12.0. The Labute approximate surface area is 134 Å². The fourth-order valence-corrected chi connectivity index (χ4v) is 2.02. The first kappa shape index (κ1) is 18.5. The van der Waals surface area contributed by atoms with Crippen LogP contribution in [-0.4, -0.2) is 24.8 Å². The highest BCUT2D eigenvalue weighted by atomic mass is 16.6. The van der Waals surface area contributed by atoms with E-state index in [1.54, 1.807) is 0 Å². The zero-order chi connectivity index (χ0) is 16.6. The van der Waals surface area contributed by atoms with E-state index in [0.29, 0.717) is 12.5 Å². The highest BCUT2D eigenvalue weighted by Crippen LogP contribution is 2.14. The average Bonchev–Trinajstić information content (AvgIpc) is 2.41. The van der Waals surface area contributed by atoms with Crippen molar-refractivity contribution in [3.8, 4) is 0 Å². The van der Waals surface area contributed by atoms with Gasteiger partial charge in [-0.05, 0) is 45.2 Å². The van der Waals surface area contributed by atoms with Crippen LogP contribution in [0.3, 0.4) is 0 Å². The molecule has 2 N–H and O–H groups in total. The number of rotatable bonds is 7. The lowest BCUT2D eigenvalue weighted by molar-refractivity contribution is 0.0503. The highest BCUT2D eigenvalue weighted by molar-refractivity contribution is 5.68. The molecule has 1 unspecified atom stereocenters. The van der Waals surface area contributed by atoms with E-state index in [1.165, 1.54) is 0 Å². The summed E-state index contributed by atoms with van der Waals surface area (Å²) >= 11 is 0. The van der Waals surface area contributed by atoms with Crippen molar-refractivity contribution in [1.29, 1.82) is 0 Å². The summed E-state index contributed by atoms with van der Waals surface area (Å²) in [5.74, 6) is 0.668. The van der Waals surface area contributed by atoms with Gasteiger partial charge >= 0.3 is 6.09 Å². The molecule has 0 radical (unpaired) electrons.